The standard InChI is InChI=1S/C32H39F2N7/c1-7-28(22(3)32(33,34)25-10-9-11-26(20-25)39-29(8-2)24-12-13-24)31(35-5)38-23(4)37-27-14-15-30(36-21-27)41-18-16-40(6)17-19-41/h7-11,14-15,20-21,37,39H,1-2,4,12-13,16-19H2,3,5-6H3,(H,35,38)/b28-22+. The van der Waals surface area contributed by atoms with Crippen molar-refractivity contribution in [2.24, 2.45) is 4.99 Å². The molecule has 1 aliphatic heterocycles. The van der Waals surface area contributed by atoms with Gasteiger partial charge >= 0.3 is 0 Å². The Balaban J connectivity index is 1.46. The number of benzene rings is 1. The molecule has 216 valence electrons. The summed E-state index contributed by atoms with van der Waals surface area (Å²) >= 11 is 0. The normalized spacial score (nSPS) is 16.5. The van der Waals surface area contributed by atoms with Gasteiger partial charge in [0.2, 0.25) is 0 Å². The van der Waals surface area contributed by atoms with E-state index in [4.69, 9.17) is 0 Å². The van der Waals surface area contributed by atoms with Crippen LogP contribution in [-0.4, -0.2) is 56.0 Å². The third kappa shape index (κ3) is 7.29. The second-order valence-electron chi connectivity index (χ2n) is 10.2. The summed E-state index contributed by atoms with van der Waals surface area (Å²) in [6.07, 6.45) is 6.83. The number of halogens is 2. The lowest BCUT2D eigenvalue weighted by atomic mass is 9.95. The van der Waals surface area contributed by atoms with Crippen LogP contribution in [0.2, 0.25) is 0 Å². The van der Waals surface area contributed by atoms with Crippen LogP contribution in [0.25, 0.3) is 0 Å². The van der Waals surface area contributed by atoms with Gasteiger partial charge in [-0.3, -0.25) is 4.99 Å². The fraction of sp³-hybridized carbons (Fsp3) is 0.312. The Kier molecular flexibility index (Phi) is 9.39. The number of hydrogen-bond donors (Lipinski definition) is 3. The van der Waals surface area contributed by atoms with Crippen molar-refractivity contribution in [3.8, 4) is 0 Å². The molecule has 1 aromatic carbocycles. The predicted octanol–water partition coefficient (Wildman–Crippen LogP) is 6.27. The first-order chi connectivity index (χ1) is 19.7. The summed E-state index contributed by atoms with van der Waals surface area (Å²) in [6.45, 7) is 16.9. The number of aliphatic imine (C=N–C) groups is 1. The number of nitrogens with zero attached hydrogens (tertiary/aromatic N) is 4. The lowest BCUT2D eigenvalue weighted by Crippen LogP contribution is -2.44. The molecule has 1 aliphatic carbocycles. The third-order valence-electron chi connectivity index (χ3n) is 7.29. The molecule has 0 amide bonds. The van der Waals surface area contributed by atoms with Crippen molar-refractivity contribution in [2.45, 2.75) is 25.7 Å². The Labute approximate surface area is 241 Å². The van der Waals surface area contributed by atoms with Crippen LogP contribution in [0, 0.1) is 0 Å². The largest absolute Gasteiger partial charge is 0.356 e. The van der Waals surface area contributed by atoms with Crippen molar-refractivity contribution >= 4 is 23.0 Å². The highest BCUT2D eigenvalue weighted by atomic mass is 19.3. The zero-order valence-corrected chi connectivity index (χ0v) is 24.1. The van der Waals surface area contributed by atoms with E-state index in [1.165, 1.54) is 37.8 Å². The van der Waals surface area contributed by atoms with Crippen LogP contribution in [0.15, 0.2) is 108 Å². The van der Waals surface area contributed by atoms with E-state index in [1.54, 1.807) is 24.4 Å². The summed E-state index contributed by atoms with van der Waals surface area (Å²) < 4.78 is 31.7. The lowest BCUT2D eigenvalue weighted by Gasteiger charge is -2.33. The van der Waals surface area contributed by atoms with Crippen LogP contribution >= 0.6 is 0 Å². The molecule has 1 saturated carbocycles. The Hall–Kier alpha value is -4.24. The number of amidine groups is 1. The minimum atomic E-state index is -3.28. The van der Waals surface area contributed by atoms with Crippen molar-refractivity contribution < 1.29 is 8.78 Å². The summed E-state index contributed by atoms with van der Waals surface area (Å²) in [7, 11) is 3.65. The molecule has 0 radical (unpaired) electrons. The Bertz CT molecular complexity index is 1380. The van der Waals surface area contributed by atoms with Crippen molar-refractivity contribution in [2.75, 3.05) is 55.8 Å². The highest BCUT2D eigenvalue weighted by Gasteiger charge is 2.36. The molecule has 0 unspecified atom stereocenters. The molecule has 3 N–H and O–H groups in total. The molecule has 9 heteroatoms. The smallest absolute Gasteiger partial charge is 0.295 e. The number of rotatable bonds is 11. The van der Waals surface area contributed by atoms with Crippen LogP contribution in [-0.2, 0) is 5.92 Å². The predicted molar refractivity (Wildman–Crippen MR) is 167 cm³/mol. The molecule has 2 fully saturated rings. The molecule has 1 saturated heterocycles. The van der Waals surface area contributed by atoms with Crippen LogP contribution in [0.5, 0.6) is 0 Å². The van der Waals surface area contributed by atoms with Gasteiger partial charge < -0.3 is 25.8 Å². The molecule has 0 atom stereocenters. The number of nitrogens with one attached hydrogen (secondary N) is 3. The molecule has 2 heterocycles. The Morgan fingerprint density at radius 3 is 2.34 bits per heavy atom. The van der Waals surface area contributed by atoms with Gasteiger partial charge in [-0.2, -0.15) is 8.78 Å². The number of piperazine rings is 1. The van der Waals surface area contributed by atoms with Gasteiger partial charge in [-0.1, -0.05) is 37.9 Å². The molecular formula is C32H39F2N7. The number of pyridine rings is 1. The topological polar surface area (TPSA) is 67.8 Å². The van der Waals surface area contributed by atoms with Gasteiger partial charge in [0, 0.05) is 61.3 Å². The van der Waals surface area contributed by atoms with E-state index in [0.717, 1.165) is 50.5 Å². The van der Waals surface area contributed by atoms with Gasteiger partial charge in [0.15, 0.2) is 0 Å². The Morgan fingerprint density at radius 1 is 1.02 bits per heavy atom. The third-order valence-corrected chi connectivity index (χ3v) is 7.29. The lowest BCUT2D eigenvalue weighted by molar-refractivity contribution is 0.0376. The number of hydrogen-bond acceptors (Lipinski definition) is 6. The van der Waals surface area contributed by atoms with Crippen molar-refractivity contribution in [1.29, 1.82) is 0 Å². The van der Waals surface area contributed by atoms with Crippen LogP contribution in [0.3, 0.4) is 0 Å². The van der Waals surface area contributed by atoms with E-state index in [2.05, 4.69) is 62.5 Å². The number of alkyl halides is 2. The minimum Gasteiger partial charge on any atom is -0.356 e. The highest BCUT2D eigenvalue weighted by molar-refractivity contribution is 6.02. The first-order valence-electron chi connectivity index (χ1n) is 13.7. The zero-order valence-electron chi connectivity index (χ0n) is 24.1. The van der Waals surface area contributed by atoms with Gasteiger partial charge in [-0.05, 0) is 62.7 Å². The van der Waals surface area contributed by atoms with Crippen LogP contribution in [0.1, 0.15) is 25.3 Å². The highest BCUT2D eigenvalue weighted by Crippen LogP contribution is 2.39. The number of allylic oxidation sites excluding steroid dienone is 3. The van der Waals surface area contributed by atoms with Crippen LogP contribution in [0.4, 0.5) is 26.0 Å². The van der Waals surface area contributed by atoms with Crippen LogP contribution < -0.4 is 20.9 Å². The van der Waals surface area contributed by atoms with Crippen molar-refractivity contribution in [3.63, 3.8) is 0 Å². The molecule has 2 aliphatic rings. The van der Waals surface area contributed by atoms with Crippen molar-refractivity contribution in [1.82, 2.24) is 15.2 Å². The molecule has 0 spiro atoms. The number of anilines is 3. The van der Waals surface area contributed by atoms with Gasteiger partial charge in [0.1, 0.15) is 17.5 Å². The second-order valence-corrected chi connectivity index (χ2v) is 10.2. The molecule has 1 aromatic heterocycles. The van der Waals surface area contributed by atoms with Gasteiger partial charge in [0.05, 0.1) is 11.9 Å². The second kappa shape index (κ2) is 13.0. The summed E-state index contributed by atoms with van der Waals surface area (Å²) in [5.41, 5.74) is 3.28. The van der Waals surface area contributed by atoms with Gasteiger partial charge in [0.25, 0.3) is 5.92 Å². The average molecular weight is 560 g/mol. The number of likely N-dealkylation sites (N-methyl/N-ethyl adjacent to an activating group) is 1. The van der Waals surface area contributed by atoms with E-state index in [9.17, 15) is 0 Å². The van der Waals surface area contributed by atoms with Gasteiger partial charge in [-0.25, -0.2) is 4.98 Å². The first-order valence-corrected chi connectivity index (χ1v) is 13.7. The summed E-state index contributed by atoms with van der Waals surface area (Å²) in [5.74, 6) is -1.78. The maximum atomic E-state index is 15.8. The Morgan fingerprint density at radius 2 is 1.76 bits per heavy atom. The van der Waals surface area contributed by atoms with E-state index < -0.39 is 5.92 Å². The maximum Gasteiger partial charge on any atom is 0.295 e. The quantitative estimate of drug-likeness (QED) is 0.171. The summed E-state index contributed by atoms with van der Waals surface area (Å²) in [5, 5.41) is 9.38. The first kappa shape index (κ1) is 29.7. The molecule has 0 bridgehead atoms. The average Bonchev–Trinajstić information content (AvgIpc) is 3.82. The fourth-order valence-electron chi connectivity index (χ4n) is 4.65. The SMILES string of the molecule is C=CC(Nc1cccc(C(F)(F)/C(C)=C(\C=C)C(=NC)NC(=C)Nc2ccc(N3CCN(C)CC3)nc2)c1)=C1CC1. The summed E-state index contributed by atoms with van der Waals surface area (Å²) in [4.78, 5) is 13.3. The maximum absolute atomic E-state index is 15.8. The molecule has 7 nitrogen and oxygen atoms in total. The molecule has 41 heavy (non-hydrogen) atoms. The van der Waals surface area contributed by atoms with Crippen molar-refractivity contribution in [3.05, 3.63) is 108 Å². The summed E-state index contributed by atoms with van der Waals surface area (Å²) in [6, 6.07) is 10.1. The molecule has 4 rings (SSSR count). The molecule has 2 aromatic rings. The fourth-order valence-corrected chi connectivity index (χ4v) is 4.65. The van der Waals surface area contributed by atoms with E-state index in [-0.39, 0.29) is 22.5 Å². The van der Waals surface area contributed by atoms with E-state index in [1.807, 2.05) is 12.1 Å². The van der Waals surface area contributed by atoms with E-state index in [0.29, 0.717) is 17.2 Å². The monoisotopic (exact) mass is 559 g/mol. The minimum absolute atomic E-state index is 0.137. The van der Waals surface area contributed by atoms with E-state index >= 15 is 8.78 Å². The number of aromatic nitrogens is 1. The molecular weight excluding hydrogens is 520 g/mol. The zero-order chi connectivity index (χ0) is 29.6. The van der Waals surface area contributed by atoms with Gasteiger partial charge in [-0.15, -0.1) is 0 Å².